The second-order valence-corrected chi connectivity index (χ2v) is 9.41. The van der Waals surface area contributed by atoms with E-state index in [0.29, 0.717) is 19.0 Å². The summed E-state index contributed by atoms with van der Waals surface area (Å²) in [7, 11) is -1.23. The smallest absolute Gasteiger partial charge is 0.236 e. The van der Waals surface area contributed by atoms with Gasteiger partial charge in [-0.1, -0.05) is 29.8 Å². The van der Waals surface area contributed by atoms with E-state index in [1.54, 1.807) is 11.9 Å². The van der Waals surface area contributed by atoms with E-state index in [0.717, 1.165) is 19.4 Å². The van der Waals surface area contributed by atoms with Crippen LogP contribution in [-0.2, 0) is 21.2 Å². The molecule has 5 nitrogen and oxygen atoms in total. The van der Waals surface area contributed by atoms with Crippen molar-refractivity contribution in [3.05, 3.63) is 35.4 Å². The monoisotopic (exact) mass is 350 g/mol. The van der Waals surface area contributed by atoms with E-state index in [9.17, 15) is 13.2 Å². The number of sulfone groups is 1. The van der Waals surface area contributed by atoms with Crippen molar-refractivity contribution < 1.29 is 13.2 Å². The van der Waals surface area contributed by atoms with E-state index >= 15 is 0 Å². The predicted molar refractivity (Wildman–Crippen MR) is 94.4 cm³/mol. The van der Waals surface area contributed by atoms with E-state index in [2.05, 4.69) is 36.1 Å². The highest BCUT2D eigenvalue weighted by atomic mass is 32.2. The van der Waals surface area contributed by atoms with Crippen molar-refractivity contribution in [2.45, 2.75) is 44.8 Å². The van der Waals surface area contributed by atoms with Crippen LogP contribution in [0.2, 0.25) is 0 Å². The zero-order valence-electron chi connectivity index (χ0n) is 14.4. The Hall–Kier alpha value is -1.40. The molecule has 0 radical (unpaired) electrons. The molecule has 1 atom stereocenters. The Morgan fingerprint density at radius 3 is 2.33 bits per heavy atom. The average Bonchev–Trinajstić information content (AvgIpc) is 3.31. The van der Waals surface area contributed by atoms with Crippen molar-refractivity contribution in [2.75, 3.05) is 25.1 Å². The Balaban J connectivity index is 1.61. The maximum atomic E-state index is 12.6. The van der Waals surface area contributed by atoms with Gasteiger partial charge >= 0.3 is 0 Å². The minimum atomic E-state index is -2.97. The molecular formula is C18H26N2O3S. The standard InChI is InChI=1S/C18H26N2O3S/c1-14-3-5-15(6-4-14)11-20(16-7-8-16)12-18(21)19(2)17-9-10-24(22,23)13-17/h3-6,16-17H,7-13H2,1-2H3. The summed E-state index contributed by atoms with van der Waals surface area (Å²) in [5, 5.41) is 0. The molecule has 1 aromatic carbocycles. The van der Waals surface area contributed by atoms with Crippen molar-refractivity contribution in [2.24, 2.45) is 0 Å². The van der Waals surface area contributed by atoms with Gasteiger partial charge in [0.1, 0.15) is 0 Å². The van der Waals surface area contributed by atoms with Crippen molar-refractivity contribution in [1.82, 2.24) is 9.80 Å². The molecule has 2 fully saturated rings. The molecule has 1 saturated heterocycles. The first-order valence-corrected chi connectivity index (χ1v) is 10.4. The van der Waals surface area contributed by atoms with Gasteiger partial charge in [0.15, 0.2) is 9.84 Å². The molecule has 0 spiro atoms. The number of rotatable bonds is 6. The van der Waals surface area contributed by atoms with Gasteiger partial charge < -0.3 is 4.90 Å². The summed E-state index contributed by atoms with van der Waals surface area (Å²) >= 11 is 0. The topological polar surface area (TPSA) is 57.7 Å². The minimum absolute atomic E-state index is 0.0242. The molecule has 1 aromatic rings. The summed E-state index contributed by atoms with van der Waals surface area (Å²) in [5.74, 6) is 0.331. The summed E-state index contributed by atoms with van der Waals surface area (Å²) in [5.41, 5.74) is 2.45. The quantitative estimate of drug-likeness (QED) is 0.782. The Bertz CT molecular complexity index is 695. The molecule has 1 aliphatic carbocycles. The number of likely N-dealkylation sites (N-methyl/N-ethyl adjacent to an activating group) is 1. The molecule has 3 rings (SSSR count). The van der Waals surface area contributed by atoms with Crippen LogP contribution in [0.3, 0.4) is 0 Å². The van der Waals surface area contributed by atoms with Gasteiger partial charge in [-0.3, -0.25) is 9.69 Å². The number of nitrogens with zero attached hydrogens (tertiary/aromatic N) is 2. The zero-order chi connectivity index (χ0) is 17.3. The summed E-state index contributed by atoms with van der Waals surface area (Å²) < 4.78 is 23.3. The number of hydrogen-bond donors (Lipinski definition) is 0. The van der Waals surface area contributed by atoms with Gasteiger partial charge in [-0.15, -0.1) is 0 Å². The van der Waals surface area contributed by atoms with Crippen molar-refractivity contribution in [1.29, 1.82) is 0 Å². The third-order valence-corrected chi connectivity index (χ3v) is 6.81. The molecule has 1 amide bonds. The number of benzene rings is 1. The summed E-state index contributed by atoms with van der Waals surface area (Å²) in [6.45, 7) is 3.20. The lowest BCUT2D eigenvalue weighted by Gasteiger charge is -2.28. The highest BCUT2D eigenvalue weighted by Crippen LogP contribution is 2.28. The lowest BCUT2D eigenvalue weighted by molar-refractivity contribution is -0.133. The number of carbonyl (C=O) groups excluding carboxylic acids is 1. The molecule has 0 aromatic heterocycles. The van der Waals surface area contributed by atoms with Crippen LogP contribution in [-0.4, -0.2) is 61.3 Å². The molecule has 132 valence electrons. The summed E-state index contributed by atoms with van der Waals surface area (Å²) in [6.07, 6.45) is 2.84. The maximum absolute atomic E-state index is 12.6. The van der Waals surface area contributed by atoms with Gasteiger partial charge in [0.2, 0.25) is 5.91 Å². The van der Waals surface area contributed by atoms with Crippen LogP contribution in [0.1, 0.15) is 30.4 Å². The second-order valence-electron chi connectivity index (χ2n) is 7.18. The molecule has 1 heterocycles. The van der Waals surface area contributed by atoms with E-state index < -0.39 is 9.84 Å². The van der Waals surface area contributed by atoms with Gasteiger partial charge in [-0.25, -0.2) is 8.42 Å². The SMILES string of the molecule is Cc1ccc(CN(CC(=O)N(C)C2CCS(=O)(=O)C2)C2CC2)cc1. The molecule has 0 bridgehead atoms. The Kier molecular flexibility index (Phi) is 4.97. The van der Waals surface area contributed by atoms with Gasteiger partial charge in [0.05, 0.1) is 18.1 Å². The van der Waals surface area contributed by atoms with E-state index in [1.165, 1.54) is 11.1 Å². The van der Waals surface area contributed by atoms with Gasteiger partial charge in [0.25, 0.3) is 0 Å². The Morgan fingerprint density at radius 2 is 1.79 bits per heavy atom. The lowest BCUT2D eigenvalue weighted by Crippen LogP contribution is -2.44. The Morgan fingerprint density at radius 1 is 1.12 bits per heavy atom. The number of amides is 1. The first kappa shape index (κ1) is 17.4. The molecule has 1 aliphatic heterocycles. The van der Waals surface area contributed by atoms with Gasteiger partial charge in [-0.2, -0.15) is 0 Å². The van der Waals surface area contributed by atoms with Crippen LogP contribution in [0, 0.1) is 6.92 Å². The van der Waals surface area contributed by atoms with Crippen LogP contribution < -0.4 is 0 Å². The lowest BCUT2D eigenvalue weighted by atomic mass is 10.1. The third-order valence-electron chi connectivity index (χ3n) is 5.06. The summed E-state index contributed by atoms with van der Waals surface area (Å²) in [6, 6.07) is 8.74. The molecule has 6 heteroatoms. The molecule has 1 unspecified atom stereocenters. The van der Waals surface area contributed by atoms with Crippen molar-refractivity contribution in [3.8, 4) is 0 Å². The fourth-order valence-corrected chi connectivity index (χ4v) is 5.03. The minimum Gasteiger partial charge on any atom is -0.341 e. The predicted octanol–water partition coefficient (Wildman–Crippen LogP) is 1.60. The van der Waals surface area contributed by atoms with E-state index in [4.69, 9.17) is 0 Å². The molecule has 2 aliphatic rings. The molecule has 24 heavy (non-hydrogen) atoms. The first-order chi connectivity index (χ1) is 11.3. The van der Waals surface area contributed by atoms with Crippen LogP contribution in [0.4, 0.5) is 0 Å². The first-order valence-electron chi connectivity index (χ1n) is 8.60. The van der Waals surface area contributed by atoms with E-state index in [-0.39, 0.29) is 23.5 Å². The average molecular weight is 350 g/mol. The van der Waals surface area contributed by atoms with Crippen molar-refractivity contribution >= 4 is 15.7 Å². The van der Waals surface area contributed by atoms with Crippen molar-refractivity contribution in [3.63, 3.8) is 0 Å². The molecule has 0 N–H and O–H groups in total. The largest absolute Gasteiger partial charge is 0.341 e. The third kappa shape index (κ3) is 4.36. The number of carbonyl (C=O) groups is 1. The fraction of sp³-hybridized carbons (Fsp3) is 0.611. The zero-order valence-corrected chi connectivity index (χ0v) is 15.3. The highest BCUT2D eigenvalue weighted by Gasteiger charge is 2.35. The highest BCUT2D eigenvalue weighted by molar-refractivity contribution is 7.91. The maximum Gasteiger partial charge on any atom is 0.236 e. The van der Waals surface area contributed by atoms with Crippen LogP contribution in [0.15, 0.2) is 24.3 Å². The van der Waals surface area contributed by atoms with Crippen LogP contribution >= 0.6 is 0 Å². The van der Waals surface area contributed by atoms with Crippen LogP contribution in [0.25, 0.3) is 0 Å². The Labute approximate surface area is 144 Å². The van der Waals surface area contributed by atoms with E-state index in [1.807, 2.05) is 0 Å². The van der Waals surface area contributed by atoms with Gasteiger partial charge in [0, 0.05) is 25.7 Å². The summed E-state index contributed by atoms with van der Waals surface area (Å²) in [4.78, 5) is 16.5. The number of hydrogen-bond acceptors (Lipinski definition) is 4. The fourth-order valence-electron chi connectivity index (χ4n) is 3.25. The number of aryl methyl sites for hydroxylation is 1. The van der Waals surface area contributed by atoms with Crippen LogP contribution in [0.5, 0.6) is 0 Å². The molecular weight excluding hydrogens is 324 g/mol. The molecule has 1 saturated carbocycles. The van der Waals surface area contributed by atoms with Gasteiger partial charge in [-0.05, 0) is 31.7 Å². The second kappa shape index (κ2) is 6.84. The normalized spacial score (nSPS) is 22.7.